The molecule has 0 spiro atoms. The molecular formula is C10H7BrINO2. The Balaban J connectivity index is 2.34. The van der Waals surface area contributed by atoms with Crippen LogP contribution < -0.4 is 5.32 Å². The van der Waals surface area contributed by atoms with E-state index < -0.39 is 10.7 Å². The summed E-state index contributed by atoms with van der Waals surface area (Å²) in [5.74, 6) is -0.902. The Bertz CT molecular complexity index is 418. The maximum absolute atomic E-state index is 11.5. The van der Waals surface area contributed by atoms with Crippen LogP contribution in [0.3, 0.4) is 0 Å². The molecule has 0 aliphatic carbocycles. The fourth-order valence-electron chi connectivity index (χ4n) is 1.54. The van der Waals surface area contributed by atoms with Gasteiger partial charge in [0.05, 0.1) is 5.92 Å². The van der Waals surface area contributed by atoms with Crippen molar-refractivity contribution in [2.75, 3.05) is 0 Å². The van der Waals surface area contributed by atoms with Crippen LogP contribution in [0.2, 0.25) is 0 Å². The van der Waals surface area contributed by atoms with Crippen molar-refractivity contribution in [3.05, 3.63) is 33.4 Å². The van der Waals surface area contributed by atoms with Gasteiger partial charge in [-0.2, -0.15) is 0 Å². The van der Waals surface area contributed by atoms with Crippen LogP contribution in [-0.4, -0.2) is 16.6 Å². The molecule has 3 nitrogen and oxygen atoms in total. The predicted molar refractivity (Wildman–Crippen MR) is 67.8 cm³/mol. The van der Waals surface area contributed by atoms with Gasteiger partial charge in [-0.25, -0.2) is 0 Å². The number of hydrogen-bond acceptors (Lipinski definition) is 2. The van der Waals surface area contributed by atoms with Crippen LogP contribution in [-0.2, 0) is 9.59 Å². The Morgan fingerprint density at radius 2 is 1.73 bits per heavy atom. The lowest BCUT2D eigenvalue weighted by molar-refractivity contribution is -0.125. The molecule has 15 heavy (non-hydrogen) atoms. The van der Waals surface area contributed by atoms with Crippen molar-refractivity contribution in [1.82, 2.24) is 5.32 Å². The van der Waals surface area contributed by atoms with E-state index in [1.54, 1.807) is 0 Å². The molecule has 1 saturated heterocycles. The molecule has 1 heterocycles. The molecule has 0 aromatic heterocycles. The van der Waals surface area contributed by atoms with E-state index in [0.29, 0.717) is 0 Å². The third kappa shape index (κ3) is 2.08. The van der Waals surface area contributed by atoms with Gasteiger partial charge in [0, 0.05) is 3.57 Å². The zero-order chi connectivity index (χ0) is 11.0. The fourth-order valence-corrected chi connectivity index (χ4v) is 2.56. The van der Waals surface area contributed by atoms with Gasteiger partial charge in [0.15, 0.2) is 0 Å². The summed E-state index contributed by atoms with van der Waals surface area (Å²) in [7, 11) is 0. The molecule has 1 aliphatic rings. The molecule has 0 saturated carbocycles. The SMILES string of the molecule is O=C1NC(=O)C(c2ccc(I)cc2)C1Br. The highest BCUT2D eigenvalue weighted by Gasteiger charge is 2.40. The van der Waals surface area contributed by atoms with Crippen molar-refractivity contribution in [2.45, 2.75) is 10.7 Å². The topological polar surface area (TPSA) is 46.2 Å². The molecule has 1 aliphatic heterocycles. The highest BCUT2D eigenvalue weighted by Crippen LogP contribution is 2.30. The largest absolute Gasteiger partial charge is 0.295 e. The smallest absolute Gasteiger partial charge is 0.241 e. The number of alkyl halides is 1. The van der Waals surface area contributed by atoms with E-state index in [2.05, 4.69) is 43.8 Å². The van der Waals surface area contributed by atoms with Crippen LogP contribution in [0, 0.1) is 3.57 Å². The molecule has 2 amide bonds. The second-order valence-corrected chi connectivity index (χ2v) is 5.52. The summed E-state index contributed by atoms with van der Waals surface area (Å²) in [5.41, 5.74) is 0.862. The fraction of sp³-hybridized carbons (Fsp3) is 0.200. The predicted octanol–water partition coefficient (Wildman–Crippen LogP) is 1.79. The van der Waals surface area contributed by atoms with Gasteiger partial charge in [-0.05, 0) is 40.3 Å². The first kappa shape index (κ1) is 11.1. The zero-order valence-corrected chi connectivity index (χ0v) is 11.3. The van der Waals surface area contributed by atoms with E-state index in [0.717, 1.165) is 9.13 Å². The van der Waals surface area contributed by atoms with Crippen LogP contribution in [0.5, 0.6) is 0 Å². The Morgan fingerprint density at radius 1 is 1.13 bits per heavy atom. The standard InChI is InChI=1S/C10H7BrINO2/c11-8-7(9(14)13-10(8)15)5-1-3-6(12)4-2-5/h1-4,7-8H,(H,13,14,15). The average molecular weight is 380 g/mol. The lowest BCUT2D eigenvalue weighted by Gasteiger charge is -2.09. The molecule has 1 fully saturated rings. The summed E-state index contributed by atoms with van der Waals surface area (Å²) >= 11 is 5.43. The maximum Gasteiger partial charge on any atom is 0.241 e. The summed E-state index contributed by atoms with van der Waals surface area (Å²) in [6.45, 7) is 0. The summed E-state index contributed by atoms with van der Waals surface area (Å²) in [5, 5.41) is 2.30. The van der Waals surface area contributed by atoms with Crippen LogP contribution >= 0.6 is 38.5 Å². The van der Waals surface area contributed by atoms with Crippen LogP contribution in [0.1, 0.15) is 11.5 Å². The van der Waals surface area contributed by atoms with Gasteiger partial charge in [-0.1, -0.05) is 28.1 Å². The first-order chi connectivity index (χ1) is 7.09. The van der Waals surface area contributed by atoms with E-state index in [-0.39, 0.29) is 11.8 Å². The van der Waals surface area contributed by atoms with E-state index in [1.165, 1.54) is 0 Å². The minimum Gasteiger partial charge on any atom is -0.295 e. The van der Waals surface area contributed by atoms with Gasteiger partial charge in [0.25, 0.3) is 0 Å². The quantitative estimate of drug-likeness (QED) is 0.459. The first-order valence-electron chi connectivity index (χ1n) is 4.34. The molecular weight excluding hydrogens is 373 g/mol. The average Bonchev–Trinajstić information content (AvgIpc) is 2.44. The van der Waals surface area contributed by atoms with E-state index in [4.69, 9.17) is 0 Å². The normalized spacial score (nSPS) is 25.5. The molecule has 2 atom stereocenters. The lowest BCUT2D eigenvalue weighted by Crippen LogP contribution is -2.22. The highest BCUT2D eigenvalue weighted by molar-refractivity contribution is 14.1. The first-order valence-corrected chi connectivity index (χ1v) is 6.33. The van der Waals surface area contributed by atoms with Crippen LogP contribution in [0.25, 0.3) is 0 Å². The lowest BCUT2D eigenvalue weighted by atomic mass is 9.98. The Kier molecular flexibility index (Phi) is 3.11. The van der Waals surface area contributed by atoms with E-state index >= 15 is 0 Å². The van der Waals surface area contributed by atoms with E-state index in [1.807, 2.05) is 24.3 Å². The summed E-state index contributed by atoms with van der Waals surface area (Å²) in [6.07, 6.45) is 0. The van der Waals surface area contributed by atoms with Gasteiger partial charge in [-0.15, -0.1) is 0 Å². The van der Waals surface area contributed by atoms with Gasteiger partial charge < -0.3 is 0 Å². The van der Waals surface area contributed by atoms with E-state index in [9.17, 15) is 9.59 Å². The van der Waals surface area contributed by atoms with Gasteiger partial charge >= 0.3 is 0 Å². The molecule has 2 unspecified atom stereocenters. The number of amides is 2. The molecule has 1 aromatic carbocycles. The van der Waals surface area contributed by atoms with Crippen molar-refractivity contribution < 1.29 is 9.59 Å². The second kappa shape index (κ2) is 4.21. The summed E-state index contributed by atoms with van der Waals surface area (Å²) in [4.78, 5) is 22.3. The van der Waals surface area contributed by atoms with Crippen molar-refractivity contribution in [1.29, 1.82) is 0 Å². The number of carbonyl (C=O) groups is 2. The number of nitrogens with one attached hydrogen (secondary N) is 1. The molecule has 78 valence electrons. The molecule has 1 N–H and O–H groups in total. The molecule has 0 radical (unpaired) electrons. The van der Waals surface area contributed by atoms with Crippen molar-refractivity contribution >= 4 is 50.3 Å². The van der Waals surface area contributed by atoms with Crippen LogP contribution in [0.15, 0.2) is 24.3 Å². The monoisotopic (exact) mass is 379 g/mol. The Labute approximate surface area is 109 Å². The molecule has 1 aromatic rings. The second-order valence-electron chi connectivity index (χ2n) is 3.28. The molecule has 5 heteroatoms. The summed E-state index contributed by atoms with van der Waals surface area (Å²) in [6, 6.07) is 7.59. The highest BCUT2D eigenvalue weighted by atomic mass is 127. The van der Waals surface area contributed by atoms with Gasteiger partial charge in [0.1, 0.15) is 4.83 Å². The minimum atomic E-state index is -0.454. The number of carbonyl (C=O) groups excluding carboxylic acids is 2. The van der Waals surface area contributed by atoms with Crippen LogP contribution in [0.4, 0.5) is 0 Å². The van der Waals surface area contributed by atoms with Crippen molar-refractivity contribution in [3.8, 4) is 0 Å². The molecule has 0 bridgehead atoms. The number of hydrogen-bond donors (Lipinski definition) is 1. The van der Waals surface area contributed by atoms with Crippen molar-refractivity contribution in [2.24, 2.45) is 0 Å². The number of benzene rings is 1. The number of halogens is 2. The maximum atomic E-state index is 11.5. The van der Waals surface area contributed by atoms with Crippen molar-refractivity contribution in [3.63, 3.8) is 0 Å². The minimum absolute atomic E-state index is 0.233. The zero-order valence-electron chi connectivity index (χ0n) is 7.54. The third-order valence-corrected chi connectivity index (χ3v) is 3.96. The summed E-state index contributed by atoms with van der Waals surface area (Å²) < 4.78 is 1.10. The Hall–Kier alpha value is -0.430. The Morgan fingerprint density at radius 3 is 2.20 bits per heavy atom. The molecule has 2 rings (SSSR count). The van der Waals surface area contributed by atoms with Gasteiger partial charge in [0.2, 0.25) is 11.8 Å². The van der Waals surface area contributed by atoms with Gasteiger partial charge in [-0.3, -0.25) is 14.9 Å². The third-order valence-electron chi connectivity index (χ3n) is 2.30. The number of imide groups is 1. The number of rotatable bonds is 1.